The fourth-order valence-corrected chi connectivity index (χ4v) is 2.57. The lowest BCUT2D eigenvalue weighted by Gasteiger charge is -2.25. The van der Waals surface area contributed by atoms with Gasteiger partial charge in [-0.25, -0.2) is 0 Å². The molecule has 5 heteroatoms. The molecule has 0 spiro atoms. The van der Waals surface area contributed by atoms with Gasteiger partial charge in [0.15, 0.2) is 0 Å². The molecule has 4 nitrogen and oxygen atoms in total. The second-order valence-corrected chi connectivity index (χ2v) is 5.51. The minimum absolute atomic E-state index is 0.374. The van der Waals surface area contributed by atoms with Crippen molar-refractivity contribution in [3.63, 3.8) is 0 Å². The number of nitrogens with zero attached hydrogens (tertiary/aromatic N) is 2. The number of hydrogen-bond donors (Lipinski definition) is 1. The molecule has 0 aliphatic heterocycles. The number of likely N-dealkylation sites (N-methyl/N-ethyl adjacent to an activating group) is 1. The van der Waals surface area contributed by atoms with Crippen LogP contribution in [0.5, 0.6) is 0 Å². The molecule has 1 atom stereocenters. The molecular formula is C15H16BrN3O. The molecule has 0 bridgehead atoms. The Kier molecular flexibility index (Phi) is 4.87. The van der Waals surface area contributed by atoms with Crippen LogP contribution in [-0.2, 0) is 11.3 Å². The van der Waals surface area contributed by atoms with Crippen LogP contribution in [0.15, 0.2) is 53.1 Å². The molecule has 0 aliphatic carbocycles. The highest BCUT2D eigenvalue weighted by Gasteiger charge is 2.23. The number of carbonyl (C=O) groups excluding carboxylic acids is 1. The third kappa shape index (κ3) is 3.65. The van der Waals surface area contributed by atoms with Gasteiger partial charge in [-0.1, -0.05) is 34.1 Å². The Balaban J connectivity index is 2.23. The summed E-state index contributed by atoms with van der Waals surface area (Å²) in [6.45, 7) is 0.557. The maximum atomic E-state index is 11.8. The third-order valence-corrected chi connectivity index (χ3v) is 3.51. The number of hydrogen-bond acceptors (Lipinski definition) is 3. The molecule has 2 aromatic rings. The van der Waals surface area contributed by atoms with Crippen LogP contribution in [0.25, 0.3) is 0 Å². The van der Waals surface area contributed by atoms with Gasteiger partial charge < -0.3 is 5.73 Å². The van der Waals surface area contributed by atoms with Crippen molar-refractivity contribution in [3.8, 4) is 0 Å². The van der Waals surface area contributed by atoms with E-state index in [0.717, 1.165) is 15.7 Å². The number of pyridine rings is 1. The summed E-state index contributed by atoms with van der Waals surface area (Å²) in [5.74, 6) is -0.374. The highest BCUT2D eigenvalue weighted by Crippen LogP contribution is 2.23. The number of amides is 1. The van der Waals surface area contributed by atoms with Gasteiger partial charge in [-0.3, -0.25) is 14.7 Å². The van der Waals surface area contributed by atoms with E-state index in [0.29, 0.717) is 6.54 Å². The van der Waals surface area contributed by atoms with Crippen molar-refractivity contribution in [3.05, 3.63) is 64.4 Å². The summed E-state index contributed by atoms with van der Waals surface area (Å²) in [4.78, 5) is 18.0. The van der Waals surface area contributed by atoms with Crippen LogP contribution in [-0.4, -0.2) is 22.8 Å². The van der Waals surface area contributed by atoms with E-state index in [1.165, 1.54) is 0 Å². The highest BCUT2D eigenvalue weighted by atomic mass is 79.9. The summed E-state index contributed by atoms with van der Waals surface area (Å²) in [5, 5.41) is 0. The van der Waals surface area contributed by atoms with Gasteiger partial charge in [0.05, 0.1) is 5.69 Å². The Hall–Kier alpha value is -1.72. The lowest BCUT2D eigenvalue weighted by Crippen LogP contribution is -2.35. The molecule has 0 aliphatic rings. The SMILES string of the molecule is CN(Cc1ccccn1)C(C(N)=O)c1cccc(Br)c1. The van der Waals surface area contributed by atoms with Crippen molar-refractivity contribution in [1.82, 2.24) is 9.88 Å². The number of benzene rings is 1. The minimum atomic E-state index is -0.477. The first-order chi connectivity index (χ1) is 9.58. The largest absolute Gasteiger partial charge is 0.368 e. The molecule has 1 amide bonds. The van der Waals surface area contributed by atoms with Gasteiger partial charge in [-0.2, -0.15) is 0 Å². The number of aromatic nitrogens is 1. The van der Waals surface area contributed by atoms with Gasteiger partial charge in [-0.05, 0) is 36.9 Å². The second kappa shape index (κ2) is 6.63. The average molecular weight is 334 g/mol. The molecule has 20 heavy (non-hydrogen) atoms. The number of halogens is 1. The van der Waals surface area contributed by atoms with E-state index in [9.17, 15) is 4.79 Å². The number of rotatable bonds is 5. The zero-order valence-corrected chi connectivity index (χ0v) is 12.7. The van der Waals surface area contributed by atoms with E-state index in [4.69, 9.17) is 5.73 Å². The van der Waals surface area contributed by atoms with E-state index in [1.54, 1.807) is 6.20 Å². The van der Waals surface area contributed by atoms with Crippen molar-refractivity contribution in [2.24, 2.45) is 5.73 Å². The first-order valence-corrected chi connectivity index (χ1v) is 7.02. The summed E-state index contributed by atoms with van der Waals surface area (Å²) >= 11 is 3.41. The summed E-state index contributed by atoms with van der Waals surface area (Å²) in [6.07, 6.45) is 1.74. The molecule has 0 saturated heterocycles. The van der Waals surface area contributed by atoms with E-state index in [-0.39, 0.29) is 5.91 Å². The summed E-state index contributed by atoms with van der Waals surface area (Å²) in [6, 6.07) is 12.9. The number of primary amides is 1. The Morgan fingerprint density at radius 2 is 2.15 bits per heavy atom. The van der Waals surface area contributed by atoms with Gasteiger partial charge in [-0.15, -0.1) is 0 Å². The molecule has 0 radical (unpaired) electrons. The molecule has 0 fully saturated rings. The summed E-state index contributed by atoms with van der Waals surface area (Å²) in [7, 11) is 1.87. The van der Waals surface area contributed by atoms with Crippen LogP contribution in [0, 0.1) is 0 Å². The van der Waals surface area contributed by atoms with E-state index >= 15 is 0 Å². The van der Waals surface area contributed by atoms with E-state index in [2.05, 4.69) is 20.9 Å². The van der Waals surface area contributed by atoms with Crippen LogP contribution in [0.4, 0.5) is 0 Å². The number of carbonyl (C=O) groups is 1. The van der Waals surface area contributed by atoms with Crippen LogP contribution >= 0.6 is 15.9 Å². The van der Waals surface area contributed by atoms with Crippen molar-refractivity contribution >= 4 is 21.8 Å². The first-order valence-electron chi connectivity index (χ1n) is 6.23. The molecule has 2 N–H and O–H groups in total. The van der Waals surface area contributed by atoms with Crippen LogP contribution in [0.1, 0.15) is 17.3 Å². The molecule has 104 valence electrons. The quantitative estimate of drug-likeness (QED) is 0.914. The van der Waals surface area contributed by atoms with Gasteiger partial charge in [0, 0.05) is 17.2 Å². The van der Waals surface area contributed by atoms with Crippen molar-refractivity contribution < 1.29 is 4.79 Å². The number of nitrogens with two attached hydrogens (primary N) is 1. The van der Waals surface area contributed by atoms with E-state index < -0.39 is 6.04 Å². The second-order valence-electron chi connectivity index (χ2n) is 4.60. The molecule has 1 heterocycles. The standard InChI is InChI=1S/C15H16BrN3O/c1-19(10-13-7-2-3-8-18-13)14(15(17)20)11-5-4-6-12(16)9-11/h2-9,14H,10H2,1H3,(H2,17,20). The maximum absolute atomic E-state index is 11.8. The molecule has 1 unspecified atom stereocenters. The van der Waals surface area contributed by atoms with Crippen LogP contribution in [0.3, 0.4) is 0 Å². The zero-order chi connectivity index (χ0) is 14.5. The van der Waals surface area contributed by atoms with Crippen LogP contribution < -0.4 is 5.73 Å². The predicted octanol–water partition coefficient (Wildman–Crippen LogP) is 2.50. The van der Waals surface area contributed by atoms with Gasteiger partial charge >= 0.3 is 0 Å². The molecule has 0 saturated carbocycles. The summed E-state index contributed by atoms with van der Waals surface area (Å²) in [5.41, 5.74) is 7.32. The fourth-order valence-electron chi connectivity index (χ4n) is 2.15. The fraction of sp³-hybridized carbons (Fsp3) is 0.200. The molecular weight excluding hydrogens is 318 g/mol. The minimum Gasteiger partial charge on any atom is -0.368 e. The van der Waals surface area contributed by atoms with Gasteiger partial charge in [0.25, 0.3) is 0 Å². The van der Waals surface area contributed by atoms with Crippen molar-refractivity contribution in [2.45, 2.75) is 12.6 Å². The van der Waals surface area contributed by atoms with Crippen LogP contribution in [0.2, 0.25) is 0 Å². The van der Waals surface area contributed by atoms with Gasteiger partial charge in [0.1, 0.15) is 6.04 Å². The Morgan fingerprint density at radius 3 is 2.75 bits per heavy atom. The highest BCUT2D eigenvalue weighted by molar-refractivity contribution is 9.10. The van der Waals surface area contributed by atoms with Gasteiger partial charge in [0.2, 0.25) is 5.91 Å². The molecule has 1 aromatic carbocycles. The average Bonchev–Trinajstić information content (AvgIpc) is 2.39. The predicted molar refractivity (Wildman–Crippen MR) is 81.8 cm³/mol. The maximum Gasteiger partial charge on any atom is 0.239 e. The Labute approximate surface area is 126 Å². The Bertz CT molecular complexity index is 589. The zero-order valence-electron chi connectivity index (χ0n) is 11.2. The monoisotopic (exact) mass is 333 g/mol. The first kappa shape index (κ1) is 14.7. The topological polar surface area (TPSA) is 59.2 Å². The van der Waals surface area contributed by atoms with Crippen molar-refractivity contribution in [2.75, 3.05) is 7.05 Å². The van der Waals surface area contributed by atoms with Crippen molar-refractivity contribution in [1.29, 1.82) is 0 Å². The normalized spacial score (nSPS) is 12.3. The Morgan fingerprint density at radius 1 is 1.35 bits per heavy atom. The lowest BCUT2D eigenvalue weighted by molar-refractivity contribution is -0.123. The summed E-state index contributed by atoms with van der Waals surface area (Å²) < 4.78 is 0.924. The van der Waals surface area contributed by atoms with E-state index in [1.807, 2.05) is 54.4 Å². The molecule has 1 aromatic heterocycles. The third-order valence-electron chi connectivity index (χ3n) is 3.01. The lowest BCUT2D eigenvalue weighted by atomic mass is 10.0. The molecule has 2 rings (SSSR count). The smallest absolute Gasteiger partial charge is 0.239 e.